The molecule has 2 saturated heterocycles. The van der Waals surface area contributed by atoms with E-state index in [1.54, 1.807) is 23.2 Å². The van der Waals surface area contributed by atoms with Crippen LogP contribution in [0.2, 0.25) is 0 Å². The molecule has 6 rings (SSSR count). The van der Waals surface area contributed by atoms with Gasteiger partial charge in [0.25, 0.3) is 5.91 Å². The van der Waals surface area contributed by atoms with E-state index in [0.29, 0.717) is 43.9 Å². The third-order valence-electron chi connectivity index (χ3n) is 7.45. The van der Waals surface area contributed by atoms with Crippen LogP contribution in [0.1, 0.15) is 23.3 Å². The van der Waals surface area contributed by atoms with Crippen molar-refractivity contribution >= 4 is 40.1 Å². The molecule has 2 amide bonds. The van der Waals surface area contributed by atoms with Crippen molar-refractivity contribution < 1.29 is 22.8 Å². The molecule has 0 radical (unpaired) electrons. The average Bonchev–Trinajstić information content (AvgIpc) is 3.55. The zero-order chi connectivity index (χ0) is 28.0. The Kier molecular flexibility index (Phi) is 6.72. The number of hydrogen-bond acceptors (Lipinski definition) is 5. The number of carbonyl (C=O) groups excluding carboxylic acids is 2. The Morgan fingerprint density at radius 1 is 0.975 bits per heavy atom. The molecule has 0 bridgehead atoms. The smallest absolute Gasteiger partial charge is 0.274 e. The summed E-state index contributed by atoms with van der Waals surface area (Å²) in [4.78, 5) is 34.4. The van der Waals surface area contributed by atoms with E-state index in [4.69, 9.17) is 0 Å². The topological polar surface area (TPSA) is 83.4 Å². The molecule has 4 aromatic rings. The number of pyridine rings is 1. The van der Waals surface area contributed by atoms with Crippen molar-refractivity contribution in [1.82, 2.24) is 25.0 Å². The van der Waals surface area contributed by atoms with E-state index in [1.807, 2.05) is 24.3 Å². The molecule has 0 saturated carbocycles. The van der Waals surface area contributed by atoms with Crippen molar-refractivity contribution in [3.63, 3.8) is 0 Å². The van der Waals surface area contributed by atoms with Gasteiger partial charge in [-0.25, -0.2) is 17.9 Å². The largest absolute Gasteiger partial charge is 0.339 e. The highest BCUT2D eigenvalue weighted by molar-refractivity contribution is 14.1. The standard InChI is InChI=1S/C28H22F3IN6O2/c29-21-12-20(13-22(30)25(21)31)38-24(17-2-1-9-33-15-17)14-23(35-38)26(39)36-10-7-28(8-11-36)27(40)34-16-37(28)19-5-3-18(32)4-6-19/h1-6,9,12-15H,7-8,10-11,16H2,(H,34,40). The number of carbonyl (C=O) groups is 2. The second kappa shape index (κ2) is 10.2. The predicted molar refractivity (Wildman–Crippen MR) is 149 cm³/mol. The van der Waals surface area contributed by atoms with Gasteiger partial charge < -0.3 is 15.1 Å². The SMILES string of the molecule is O=C(c1cc(-c2cccnc2)n(-c2cc(F)c(F)c(F)c2)n1)N1CCC2(CC1)C(=O)NCN2c1ccc(I)cc1. The highest BCUT2D eigenvalue weighted by atomic mass is 127. The molecule has 0 unspecified atom stereocenters. The molecular weight excluding hydrogens is 636 g/mol. The summed E-state index contributed by atoms with van der Waals surface area (Å²) < 4.78 is 44.1. The van der Waals surface area contributed by atoms with Crippen LogP contribution < -0.4 is 10.2 Å². The molecule has 2 aliphatic heterocycles. The summed E-state index contributed by atoms with van der Waals surface area (Å²) in [5, 5.41) is 7.32. The summed E-state index contributed by atoms with van der Waals surface area (Å²) in [6.45, 7) is 1.00. The fraction of sp³-hybridized carbons (Fsp3) is 0.214. The van der Waals surface area contributed by atoms with E-state index in [0.717, 1.165) is 21.4 Å². The van der Waals surface area contributed by atoms with Crippen LogP contribution >= 0.6 is 22.6 Å². The Bertz CT molecular complexity index is 1580. The maximum absolute atomic E-state index is 14.1. The fourth-order valence-electron chi connectivity index (χ4n) is 5.35. The number of nitrogens with one attached hydrogen (secondary N) is 1. The van der Waals surface area contributed by atoms with Gasteiger partial charge >= 0.3 is 0 Å². The lowest BCUT2D eigenvalue weighted by atomic mass is 9.85. The van der Waals surface area contributed by atoms with Crippen LogP contribution in [0.25, 0.3) is 16.9 Å². The number of rotatable bonds is 4. The van der Waals surface area contributed by atoms with Crippen LogP contribution in [-0.2, 0) is 4.79 Å². The summed E-state index contributed by atoms with van der Waals surface area (Å²) in [5.74, 6) is -4.79. The highest BCUT2D eigenvalue weighted by Crippen LogP contribution is 2.37. The van der Waals surface area contributed by atoms with Crippen LogP contribution in [0.15, 0.2) is 67.0 Å². The van der Waals surface area contributed by atoms with Gasteiger partial charge in [0.05, 0.1) is 18.1 Å². The molecule has 4 heterocycles. The number of piperidine rings is 1. The van der Waals surface area contributed by atoms with Crippen molar-refractivity contribution in [1.29, 1.82) is 0 Å². The van der Waals surface area contributed by atoms with Crippen LogP contribution in [0.5, 0.6) is 0 Å². The first-order chi connectivity index (χ1) is 19.3. The van der Waals surface area contributed by atoms with E-state index < -0.39 is 23.0 Å². The Morgan fingerprint density at radius 2 is 1.68 bits per heavy atom. The van der Waals surface area contributed by atoms with Gasteiger partial charge in [-0.2, -0.15) is 5.10 Å². The molecule has 2 aromatic carbocycles. The monoisotopic (exact) mass is 658 g/mol. The summed E-state index contributed by atoms with van der Waals surface area (Å²) in [7, 11) is 0. The molecule has 8 nitrogen and oxygen atoms in total. The second-order valence-electron chi connectivity index (χ2n) is 9.68. The second-order valence-corrected chi connectivity index (χ2v) is 10.9. The lowest BCUT2D eigenvalue weighted by Crippen LogP contribution is -2.57. The third-order valence-corrected chi connectivity index (χ3v) is 8.17. The van der Waals surface area contributed by atoms with E-state index in [1.165, 1.54) is 16.9 Å². The zero-order valence-corrected chi connectivity index (χ0v) is 23.1. The summed E-state index contributed by atoms with van der Waals surface area (Å²) in [6, 6.07) is 14.5. The fourth-order valence-corrected chi connectivity index (χ4v) is 5.71. The van der Waals surface area contributed by atoms with E-state index >= 15 is 0 Å². The molecule has 204 valence electrons. The minimum Gasteiger partial charge on any atom is -0.339 e. The summed E-state index contributed by atoms with van der Waals surface area (Å²) >= 11 is 2.23. The van der Waals surface area contributed by atoms with E-state index in [2.05, 4.69) is 42.9 Å². The first-order valence-corrected chi connectivity index (χ1v) is 13.6. The Hall–Kier alpha value is -3.94. The van der Waals surface area contributed by atoms with Crippen molar-refractivity contribution in [2.24, 2.45) is 0 Å². The Balaban J connectivity index is 1.29. The van der Waals surface area contributed by atoms with Crippen LogP contribution in [-0.4, -0.2) is 56.8 Å². The average molecular weight is 658 g/mol. The van der Waals surface area contributed by atoms with Crippen LogP contribution in [0.3, 0.4) is 0 Å². The zero-order valence-electron chi connectivity index (χ0n) is 21.0. The highest BCUT2D eigenvalue weighted by Gasteiger charge is 2.51. The molecule has 2 aromatic heterocycles. The number of benzene rings is 2. The number of anilines is 1. The van der Waals surface area contributed by atoms with Crippen molar-refractivity contribution in [2.45, 2.75) is 18.4 Å². The van der Waals surface area contributed by atoms with Crippen molar-refractivity contribution in [2.75, 3.05) is 24.7 Å². The van der Waals surface area contributed by atoms with Crippen LogP contribution in [0, 0.1) is 21.0 Å². The van der Waals surface area contributed by atoms with Gasteiger partial charge in [0.1, 0.15) is 5.54 Å². The number of aromatic nitrogens is 3. The number of amides is 2. The molecule has 1 N–H and O–H groups in total. The van der Waals surface area contributed by atoms with E-state index in [-0.39, 0.29) is 23.2 Å². The van der Waals surface area contributed by atoms with Crippen LogP contribution in [0.4, 0.5) is 18.9 Å². The summed E-state index contributed by atoms with van der Waals surface area (Å²) in [6.07, 6.45) is 3.93. The maximum Gasteiger partial charge on any atom is 0.274 e. The third kappa shape index (κ3) is 4.49. The first-order valence-electron chi connectivity index (χ1n) is 12.5. The Labute approximate surface area is 240 Å². The quantitative estimate of drug-likeness (QED) is 0.258. The first kappa shape index (κ1) is 26.3. The van der Waals surface area contributed by atoms with Crippen molar-refractivity contribution in [3.8, 4) is 16.9 Å². The number of nitrogens with zero attached hydrogens (tertiary/aromatic N) is 5. The van der Waals surface area contributed by atoms with Crippen molar-refractivity contribution in [3.05, 3.63) is 93.7 Å². The van der Waals surface area contributed by atoms with Gasteiger partial charge in [0.2, 0.25) is 5.91 Å². The molecule has 12 heteroatoms. The molecule has 40 heavy (non-hydrogen) atoms. The molecule has 1 spiro atoms. The Morgan fingerprint density at radius 3 is 2.33 bits per heavy atom. The lowest BCUT2D eigenvalue weighted by molar-refractivity contribution is -0.124. The number of likely N-dealkylation sites (tertiary alicyclic amines) is 1. The minimum absolute atomic E-state index is 0.0466. The van der Waals surface area contributed by atoms with Gasteiger partial charge in [-0.05, 0) is 77.9 Å². The lowest BCUT2D eigenvalue weighted by Gasteiger charge is -2.43. The van der Waals surface area contributed by atoms with Gasteiger partial charge in [0, 0.05) is 52.4 Å². The molecule has 2 aliphatic rings. The minimum atomic E-state index is -1.59. The maximum atomic E-state index is 14.1. The number of hydrogen-bond donors (Lipinski definition) is 1. The predicted octanol–water partition coefficient (Wildman–Crippen LogP) is 4.52. The van der Waals surface area contributed by atoms with E-state index in [9.17, 15) is 22.8 Å². The molecule has 0 atom stereocenters. The van der Waals surface area contributed by atoms with Gasteiger partial charge in [-0.15, -0.1) is 0 Å². The molecule has 2 fully saturated rings. The van der Waals surface area contributed by atoms with Gasteiger partial charge in [-0.1, -0.05) is 0 Å². The van der Waals surface area contributed by atoms with Gasteiger partial charge in [0.15, 0.2) is 23.1 Å². The molecular formula is C28H22F3IN6O2. The number of halogens is 4. The normalized spacial score (nSPS) is 16.4. The molecule has 0 aliphatic carbocycles. The van der Waals surface area contributed by atoms with Gasteiger partial charge in [-0.3, -0.25) is 14.6 Å². The summed E-state index contributed by atoms with van der Waals surface area (Å²) in [5.41, 5.74) is 1.03.